The SMILES string of the molecule is O=C(Nc1ccccc1F)Nc1cc(I)ccc1Cl. The zero-order chi connectivity index (χ0) is 13.8. The minimum absolute atomic E-state index is 0.113. The smallest absolute Gasteiger partial charge is 0.306 e. The maximum absolute atomic E-state index is 13.4. The number of carbonyl (C=O) groups is 1. The van der Waals surface area contributed by atoms with Crippen LogP contribution in [0, 0.1) is 9.39 Å². The van der Waals surface area contributed by atoms with Crippen LogP contribution >= 0.6 is 34.2 Å². The second-order valence-corrected chi connectivity index (χ2v) is 5.34. The number of benzene rings is 2. The lowest BCUT2D eigenvalue weighted by Crippen LogP contribution is -2.20. The van der Waals surface area contributed by atoms with Crippen molar-refractivity contribution in [2.45, 2.75) is 0 Å². The van der Waals surface area contributed by atoms with Gasteiger partial charge in [0.1, 0.15) is 5.82 Å². The van der Waals surface area contributed by atoms with E-state index in [-0.39, 0.29) is 5.69 Å². The van der Waals surface area contributed by atoms with E-state index < -0.39 is 11.8 Å². The third kappa shape index (κ3) is 3.81. The summed E-state index contributed by atoms with van der Waals surface area (Å²) in [5.74, 6) is -0.494. The van der Waals surface area contributed by atoms with Crippen LogP contribution in [0.1, 0.15) is 0 Å². The summed E-state index contributed by atoms with van der Waals surface area (Å²) in [6, 6.07) is 10.6. The van der Waals surface area contributed by atoms with E-state index in [1.807, 2.05) is 6.07 Å². The second-order valence-electron chi connectivity index (χ2n) is 3.68. The van der Waals surface area contributed by atoms with Crippen molar-refractivity contribution in [3.8, 4) is 0 Å². The molecule has 2 aromatic carbocycles. The van der Waals surface area contributed by atoms with Crippen LogP contribution in [0.4, 0.5) is 20.6 Å². The lowest BCUT2D eigenvalue weighted by atomic mass is 10.3. The number of nitrogens with one attached hydrogen (secondary N) is 2. The number of hydrogen-bond acceptors (Lipinski definition) is 1. The molecular weight excluding hydrogens is 382 g/mol. The highest BCUT2D eigenvalue weighted by molar-refractivity contribution is 14.1. The Labute approximate surface area is 128 Å². The average Bonchev–Trinajstić information content (AvgIpc) is 2.37. The number of halogens is 3. The molecule has 0 aromatic heterocycles. The van der Waals surface area contributed by atoms with E-state index >= 15 is 0 Å². The summed E-state index contributed by atoms with van der Waals surface area (Å²) in [5, 5.41) is 5.41. The normalized spacial score (nSPS) is 10.1. The average molecular weight is 391 g/mol. The molecule has 0 bridgehead atoms. The molecule has 98 valence electrons. The molecule has 0 heterocycles. The first-order chi connectivity index (χ1) is 9.06. The van der Waals surface area contributed by atoms with Crippen molar-refractivity contribution in [3.05, 3.63) is 56.9 Å². The van der Waals surface area contributed by atoms with E-state index in [4.69, 9.17) is 11.6 Å². The summed E-state index contributed by atoms with van der Waals surface area (Å²) in [6.45, 7) is 0. The van der Waals surface area contributed by atoms with Crippen LogP contribution in [0.3, 0.4) is 0 Å². The number of hydrogen-bond donors (Lipinski definition) is 2. The predicted octanol–water partition coefficient (Wildman–Crippen LogP) is 4.73. The van der Waals surface area contributed by atoms with E-state index in [0.29, 0.717) is 10.7 Å². The Morgan fingerprint density at radius 2 is 1.79 bits per heavy atom. The van der Waals surface area contributed by atoms with Crippen LogP contribution in [0.2, 0.25) is 5.02 Å². The van der Waals surface area contributed by atoms with Crippen molar-refractivity contribution in [1.82, 2.24) is 0 Å². The molecule has 2 N–H and O–H groups in total. The molecule has 0 fully saturated rings. The summed E-state index contributed by atoms with van der Waals surface area (Å²) >= 11 is 8.06. The highest BCUT2D eigenvalue weighted by Gasteiger charge is 2.08. The number of urea groups is 1. The highest BCUT2D eigenvalue weighted by Crippen LogP contribution is 2.24. The van der Waals surface area contributed by atoms with Gasteiger partial charge in [0.25, 0.3) is 0 Å². The molecular formula is C13H9ClFIN2O. The third-order valence-electron chi connectivity index (χ3n) is 2.30. The van der Waals surface area contributed by atoms with Gasteiger partial charge in [-0.05, 0) is 52.9 Å². The van der Waals surface area contributed by atoms with Crippen LogP contribution in [0.5, 0.6) is 0 Å². The number of anilines is 2. The quantitative estimate of drug-likeness (QED) is 0.715. The van der Waals surface area contributed by atoms with Gasteiger partial charge in [-0.1, -0.05) is 23.7 Å². The van der Waals surface area contributed by atoms with E-state index in [1.54, 1.807) is 24.3 Å². The first-order valence-electron chi connectivity index (χ1n) is 5.34. The highest BCUT2D eigenvalue weighted by atomic mass is 127. The van der Waals surface area contributed by atoms with Gasteiger partial charge in [0, 0.05) is 3.57 Å². The van der Waals surface area contributed by atoms with E-state index in [0.717, 1.165) is 3.57 Å². The monoisotopic (exact) mass is 390 g/mol. The van der Waals surface area contributed by atoms with Gasteiger partial charge in [0.2, 0.25) is 0 Å². The van der Waals surface area contributed by atoms with Gasteiger partial charge < -0.3 is 10.6 Å². The summed E-state index contributed by atoms with van der Waals surface area (Å²) in [5.41, 5.74) is 0.587. The minimum Gasteiger partial charge on any atom is -0.306 e. The van der Waals surface area contributed by atoms with Crippen molar-refractivity contribution in [1.29, 1.82) is 0 Å². The Hall–Kier alpha value is -1.34. The zero-order valence-electron chi connectivity index (χ0n) is 9.58. The summed E-state index contributed by atoms with van der Waals surface area (Å²) in [6.07, 6.45) is 0. The minimum atomic E-state index is -0.547. The van der Waals surface area contributed by atoms with Crippen molar-refractivity contribution in [2.75, 3.05) is 10.6 Å². The predicted molar refractivity (Wildman–Crippen MR) is 83.2 cm³/mol. The van der Waals surface area contributed by atoms with E-state index in [9.17, 15) is 9.18 Å². The van der Waals surface area contributed by atoms with Crippen molar-refractivity contribution in [3.63, 3.8) is 0 Å². The summed E-state index contributed by atoms with van der Waals surface area (Å²) in [7, 11) is 0. The van der Waals surface area contributed by atoms with Crippen LogP contribution in [0.15, 0.2) is 42.5 Å². The Morgan fingerprint density at radius 1 is 1.11 bits per heavy atom. The number of amides is 2. The van der Waals surface area contributed by atoms with Gasteiger partial charge in [0.05, 0.1) is 16.4 Å². The molecule has 0 unspecified atom stereocenters. The Balaban J connectivity index is 2.10. The number of rotatable bonds is 2. The lowest BCUT2D eigenvalue weighted by molar-refractivity contribution is 0.262. The van der Waals surface area contributed by atoms with Crippen molar-refractivity contribution in [2.24, 2.45) is 0 Å². The van der Waals surface area contributed by atoms with Gasteiger partial charge in [-0.15, -0.1) is 0 Å². The first kappa shape index (κ1) is 14.1. The van der Waals surface area contributed by atoms with Crippen LogP contribution in [0.25, 0.3) is 0 Å². The first-order valence-corrected chi connectivity index (χ1v) is 6.79. The molecule has 2 rings (SSSR count). The van der Waals surface area contributed by atoms with Crippen LogP contribution in [-0.2, 0) is 0 Å². The van der Waals surface area contributed by atoms with Crippen molar-refractivity contribution < 1.29 is 9.18 Å². The standard InChI is InChI=1S/C13H9ClFIN2O/c14-9-6-5-8(16)7-12(9)18-13(19)17-11-4-2-1-3-10(11)15/h1-7H,(H2,17,18,19). The third-order valence-corrected chi connectivity index (χ3v) is 3.30. The Kier molecular flexibility index (Phi) is 4.60. The molecule has 3 nitrogen and oxygen atoms in total. The molecule has 19 heavy (non-hydrogen) atoms. The maximum atomic E-state index is 13.4. The molecule has 0 spiro atoms. The largest absolute Gasteiger partial charge is 0.323 e. The maximum Gasteiger partial charge on any atom is 0.323 e. The zero-order valence-corrected chi connectivity index (χ0v) is 12.5. The van der Waals surface area contributed by atoms with Gasteiger partial charge >= 0.3 is 6.03 Å². The molecule has 0 saturated heterocycles. The fourth-order valence-electron chi connectivity index (χ4n) is 1.43. The lowest BCUT2D eigenvalue weighted by Gasteiger charge is -2.09. The second kappa shape index (κ2) is 6.21. The fourth-order valence-corrected chi connectivity index (χ4v) is 2.09. The topological polar surface area (TPSA) is 41.1 Å². The molecule has 0 saturated carbocycles. The summed E-state index contributed by atoms with van der Waals surface area (Å²) < 4.78 is 14.3. The van der Waals surface area contributed by atoms with Crippen LogP contribution in [-0.4, -0.2) is 6.03 Å². The molecule has 2 amide bonds. The molecule has 0 aliphatic heterocycles. The van der Waals surface area contributed by atoms with E-state index in [2.05, 4.69) is 33.2 Å². The van der Waals surface area contributed by atoms with Crippen LogP contribution < -0.4 is 10.6 Å². The molecule has 0 aliphatic carbocycles. The Morgan fingerprint density at radius 3 is 2.53 bits per heavy atom. The molecule has 0 atom stereocenters. The van der Waals surface area contributed by atoms with Gasteiger partial charge in [-0.2, -0.15) is 0 Å². The van der Waals surface area contributed by atoms with Gasteiger partial charge in [0.15, 0.2) is 0 Å². The molecule has 0 aliphatic rings. The summed E-state index contributed by atoms with van der Waals surface area (Å²) in [4.78, 5) is 11.7. The molecule has 6 heteroatoms. The van der Waals surface area contributed by atoms with E-state index in [1.165, 1.54) is 12.1 Å². The Bertz CT molecular complexity index is 621. The number of para-hydroxylation sites is 1. The molecule has 2 aromatic rings. The van der Waals surface area contributed by atoms with Gasteiger partial charge in [-0.25, -0.2) is 9.18 Å². The van der Waals surface area contributed by atoms with Crippen molar-refractivity contribution >= 4 is 51.6 Å². The molecule has 0 radical (unpaired) electrons. The fraction of sp³-hybridized carbons (Fsp3) is 0. The number of carbonyl (C=O) groups excluding carboxylic acids is 1. The van der Waals surface area contributed by atoms with Gasteiger partial charge in [-0.3, -0.25) is 0 Å².